The van der Waals surface area contributed by atoms with Crippen molar-refractivity contribution in [2.45, 2.75) is 37.6 Å². The van der Waals surface area contributed by atoms with E-state index < -0.39 is 82.7 Å². The number of aromatic hydroxyl groups is 2. The van der Waals surface area contributed by atoms with Crippen molar-refractivity contribution >= 4 is 0 Å². The molecule has 0 spiro atoms. The molecule has 0 amide bonds. The fourth-order valence-electron chi connectivity index (χ4n) is 3.36. The third-order valence-electron chi connectivity index (χ3n) is 4.87. The van der Waals surface area contributed by atoms with Crippen LogP contribution in [-0.2, 0) is 25.2 Å². The van der Waals surface area contributed by atoms with E-state index in [0.717, 1.165) is 7.11 Å². The van der Waals surface area contributed by atoms with Crippen LogP contribution in [0.5, 0.6) is 17.2 Å². The Morgan fingerprint density at radius 2 is 1.03 bits per heavy atom. The Morgan fingerprint density at radius 3 is 1.35 bits per heavy atom. The van der Waals surface area contributed by atoms with Crippen molar-refractivity contribution < 1.29 is 56.6 Å². The van der Waals surface area contributed by atoms with Crippen molar-refractivity contribution in [1.82, 2.24) is 0 Å². The van der Waals surface area contributed by atoms with Crippen LogP contribution in [0.3, 0.4) is 0 Å². The van der Waals surface area contributed by atoms with E-state index in [1.54, 1.807) is 0 Å². The first-order chi connectivity index (χ1) is 14.3. The molecule has 31 heavy (non-hydrogen) atoms. The lowest BCUT2D eigenvalue weighted by Gasteiger charge is -2.39. The van der Waals surface area contributed by atoms with Crippen LogP contribution in [0.4, 0.5) is 26.3 Å². The van der Waals surface area contributed by atoms with Gasteiger partial charge >= 0.3 is 12.4 Å². The van der Waals surface area contributed by atoms with E-state index in [1.807, 2.05) is 0 Å². The summed E-state index contributed by atoms with van der Waals surface area (Å²) in [7, 11) is 0.900. The Balaban J connectivity index is 3.12. The van der Waals surface area contributed by atoms with Crippen molar-refractivity contribution in [3.63, 3.8) is 0 Å². The molecule has 0 atom stereocenters. The maximum Gasteiger partial charge on any atom is 0.411 e. The summed E-state index contributed by atoms with van der Waals surface area (Å²) >= 11 is 0. The van der Waals surface area contributed by atoms with E-state index >= 15 is 0 Å². The Bertz CT molecular complexity index is 826. The third-order valence-corrected chi connectivity index (χ3v) is 4.87. The largest absolute Gasteiger partial charge is 0.507 e. The molecule has 12 heteroatoms. The number of hydrogen-bond donors (Lipinski definition) is 5. The molecular weight excluding hydrogens is 438 g/mol. The minimum atomic E-state index is -6.03. The molecule has 0 aliphatic rings. The molecule has 172 valence electrons. The van der Waals surface area contributed by atoms with Gasteiger partial charge in [-0.15, -0.1) is 0 Å². The molecule has 0 aliphatic heterocycles. The molecule has 2 aromatic rings. The topological polar surface area (TPSA) is 110 Å². The molecule has 0 saturated carbocycles. The second-order valence-electron chi connectivity index (χ2n) is 6.55. The van der Waals surface area contributed by atoms with Crippen molar-refractivity contribution in [2.75, 3.05) is 7.11 Å². The number of benzene rings is 2. The highest BCUT2D eigenvalue weighted by atomic mass is 19.4. The first-order valence-electron chi connectivity index (χ1n) is 8.51. The number of alkyl halides is 6. The highest BCUT2D eigenvalue weighted by Crippen LogP contribution is 2.58. The average molecular weight is 456 g/mol. The van der Waals surface area contributed by atoms with Gasteiger partial charge < -0.3 is 30.3 Å². The summed E-state index contributed by atoms with van der Waals surface area (Å²) in [6.07, 6.45) is -12.1. The lowest BCUT2D eigenvalue weighted by atomic mass is 9.71. The number of phenols is 2. The van der Waals surface area contributed by atoms with Crippen molar-refractivity contribution in [1.29, 1.82) is 0 Å². The normalized spacial score (nSPS) is 12.8. The van der Waals surface area contributed by atoms with Crippen LogP contribution < -0.4 is 4.74 Å². The highest BCUT2D eigenvalue weighted by Gasteiger charge is 2.72. The number of hydrogen-bond acceptors (Lipinski definition) is 6. The van der Waals surface area contributed by atoms with Gasteiger partial charge in [-0.1, -0.05) is 0 Å². The van der Waals surface area contributed by atoms with Crippen LogP contribution in [0.1, 0.15) is 27.8 Å². The van der Waals surface area contributed by atoms with Gasteiger partial charge in [0.05, 0.1) is 26.9 Å². The van der Waals surface area contributed by atoms with Crippen LogP contribution in [0.2, 0.25) is 0 Å². The van der Waals surface area contributed by atoms with Gasteiger partial charge in [-0.3, -0.25) is 0 Å². The van der Waals surface area contributed by atoms with E-state index in [1.165, 1.54) is 0 Å². The number of methoxy groups -OCH3 is 1. The van der Waals surface area contributed by atoms with Crippen LogP contribution in [0, 0.1) is 0 Å². The molecular formula is C19H18F6O6. The average Bonchev–Trinajstić information content (AvgIpc) is 2.67. The monoisotopic (exact) mass is 456 g/mol. The molecule has 0 radical (unpaired) electrons. The number of halogens is 6. The molecule has 0 aromatic heterocycles. The first-order valence-corrected chi connectivity index (χ1v) is 8.51. The van der Waals surface area contributed by atoms with E-state index in [2.05, 4.69) is 4.74 Å². The van der Waals surface area contributed by atoms with Crippen molar-refractivity contribution in [3.05, 3.63) is 52.1 Å². The molecule has 0 fully saturated rings. The molecule has 0 bridgehead atoms. The van der Waals surface area contributed by atoms with E-state index in [0.29, 0.717) is 24.3 Å². The smallest absolute Gasteiger partial charge is 0.411 e. The second-order valence-corrected chi connectivity index (χ2v) is 6.55. The van der Waals surface area contributed by atoms with Gasteiger partial charge in [0.1, 0.15) is 5.75 Å². The quantitative estimate of drug-likeness (QED) is 0.428. The van der Waals surface area contributed by atoms with Crippen LogP contribution in [0.15, 0.2) is 24.3 Å². The molecule has 5 N–H and O–H groups in total. The summed E-state index contributed by atoms with van der Waals surface area (Å²) in [6.45, 7) is -3.32. The zero-order chi connectivity index (χ0) is 23.8. The number of aliphatic hydroxyl groups is 3. The summed E-state index contributed by atoms with van der Waals surface area (Å²) in [4.78, 5) is 0. The number of aliphatic hydroxyl groups excluding tert-OH is 3. The molecule has 0 unspecified atom stereocenters. The lowest BCUT2D eigenvalue weighted by molar-refractivity contribution is -0.288. The lowest BCUT2D eigenvalue weighted by Crippen LogP contribution is -2.55. The molecule has 0 heterocycles. The van der Waals surface area contributed by atoms with Gasteiger partial charge in [0.2, 0.25) is 5.41 Å². The molecule has 2 aromatic carbocycles. The highest BCUT2D eigenvalue weighted by molar-refractivity contribution is 5.56. The summed E-state index contributed by atoms with van der Waals surface area (Å²) in [5, 5.41) is 47.8. The van der Waals surface area contributed by atoms with Crippen LogP contribution >= 0.6 is 0 Å². The molecule has 6 nitrogen and oxygen atoms in total. The number of rotatable bonds is 6. The standard InChI is InChI=1S/C19H18F6O6/c1-31-14-5-13(4-11(8-28)16(14)30)17(18(20,21)22,19(23,24)25)12-2-9(6-26)15(29)10(3-12)7-27/h2-5,26-30H,6-8H2,1H3. The minimum Gasteiger partial charge on any atom is -0.507 e. The van der Waals surface area contributed by atoms with Gasteiger partial charge in [-0.25, -0.2) is 0 Å². The summed E-state index contributed by atoms with van der Waals surface area (Å²) in [6, 6.07) is 1.32. The zero-order valence-electron chi connectivity index (χ0n) is 15.8. The fourth-order valence-corrected chi connectivity index (χ4v) is 3.36. The Kier molecular flexibility index (Phi) is 6.69. The van der Waals surface area contributed by atoms with E-state index in [-0.39, 0.29) is 0 Å². The van der Waals surface area contributed by atoms with Crippen molar-refractivity contribution in [2.24, 2.45) is 0 Å². The molecule has 0 aliphatic carbocycles. The van der Waals surface area contributed by atoms with Crippen LogP contribution in [0.25, 0.3) is 0 Å². The maximum atomic E-state index is 14.3. The van der Waals surface area contributed by atoms with E-state index in [4.69, 9.17) is 0 Å². The van der Waals surface area contributed by atoms with E-state index in [9.17, 15) is 51.9 Å². The Labute approximate surface area is 171 Å². The SMILES string of the molecule is COc1cc(C(c2cc(CO)c(O)c(CO)c2)(C(F)(F)F)C(F)(F)F)cc(CO)c1O. The zero-order valence-corrected chi connectivity index (χ0v) is 15.8. The summed E-state index contributed by atoms with van der Waals surface area (Å²) in [5.74, 6) is -2.45. The molecule has 0 saturated heterocycles. The second kappa shape index (κ2) is 8.44. The summed E-state index contributed by atoms with van der Waals surface area (Å²) < 4.78 is 90.6. The van der Waals surface area contributed by atoms with Gasteiger partial charge in [0, 0.05) is 16.7 Å². The fraction of sp³-hybridized carbons (Fsp3) is 0.368. The van der Waals surface area contributed by atoms with Gasteiger partial charge in [0.25, 0.3) is 0 Å². The van der Waals surface area contributed by atoms with Gasteiger partial charge in [-0.2, -0.15) is 26.3 Å². The first kappa shape index (κ1) is 24.6. The maximum absolute atomic E-state index is 14.3. The van der Waals surface area contributed by atoms with Crippen molar-refractivity contribution in [3.8, 4) is 17.2 Å². The summed E-state index contributed by atoms with van der Waals surface area (Å²) in [5.41, 5.74) is -9.62. The Morgan fingerprint density at radius 1 is 0.677 bits per heavy atom. The number of ether oxygens (including phenoxy) is 1. The predicted octanol–water partition coefficient (Wildman–Crippen LogP) is 2.99. The van der Waals surface area contributed by atoms with Crippen LogP contribution in [-0.4, -0.2) is 45.0 Å². The Hall–Kier alpha value is -2.70. The van der Waals surface area contributed by atoms with Gasteiger partial charge in [-0.05, 0) is 35.4 Å². The van der Waals surface area contributed by atoms with Gasteiger partial charge in [0.15, 0.2) is 11.5 Å². The molecule has 2 rings (SSSR count). The third kappa shape index (κ3) is 3.86. The predicted molar refractivity (Wildman–Crippen MR) is 93.4 cm³/mol. The minimum absolute atomic E-state index is 0.327.